The molecule has 0 unspecified atom stereocenters. The van der Waals surface area contributed by atoms with Crippen molar-refractivity contribution in [1.82, 2.24) is 9.97 Å². The summed E-state index contributed by atoms with van der Waals surface area (Å²) in [5, 5.41) is 17.2. The van der Waals surface area contributed by atoms with Crippen LogP contribution in [0.25, 0.3) is 0 Å². The lowest BCUT2D eigenvalue weighted by Gasteiger charge is -1.95. The first kappa shape index (κ1) is 7.65. The van der Waals surface area contributed by atoms with Crippen molar-refractivity contribution in [3.8, 4) is 0 Å². The average molecular weight is 203 g/mol. The van der Waals surface area contributed by atoms with Crippen molar-refractivity contribution in [3.63, 3.8) is 0 Å². The average Bonchev–Trinajstić information content (AvgIpc) is 1.88. The molecule has 1 heterocycles. The molecule has 10 heavy (non-hydrogen) atoms. The summed E-state index contributed by atoms with van der Waals surface area (Å²) >= 11 is 3.03. The second-order valence-electron chi connectivity index (χ2n) is 1.64. The molecule has 1 rings (SSSR count). The minimum Gasteiger partial charge on any atom is -0.422 e. The fourth-order valence-corrected chi connectivity index (χ4v) is 0.804. The summed E-state index contributed by atoms with van der Waals surface area (Å²) in [5.74, 6) is 0. The summed E-state index contributed by atoms with van der Waals surface area (Å²) in [7, 11) is -1.55. The van der Waals surface area contributed by atoms with Gasteiger partial charge in [-0.3, -0.25) is 4.98 Å². The molecular formula is C4H4BBrN2O2. The van der Waals surface area contributed by atoms with Crippen molar-refractivity contribution in [3.05, 3.63) is 17.0 Å². The van der Waals surface area contributed by atoms with E-state index in [0.29, 0.717) is 4.60 Å². The molecule has 0 amide bonds. The maximum atomic E-state index is 8.58. The normalized spacial score (nSPS) is 9.50. The molecule has 0 aliphatic carbocycles. The number of nitrogens with zero attached hydrogens (tertiary/aromatic N) is 2. The maximum absolute atomic E-state index is 8.58. The van der Waals surface area contributed by atoms with E-state index in [-0.39, 0.29) is 5.59 Å². The van der Waals surface area contributed by atoms with Crippen molar-refractivity contribution < 1.29 is 10.0 Å². The first-order chi connectivity index (χ1) is 4.70. The van der Waals surface area contributed by atoms with Crippen LogP contribution in [0.5, 0.6) is 0 Å². The second kappa shape index (κ2) is 3.09. The van der Waals surface area contributed by atoms with E-state index in [1.807, 2.05) is 0 Å². The zero-order chi connectivity index (χ0) is 7.56. The Morgan fingerprint density at radius 1 is 1.40 bits per heavy atom. The molecule has 2 N–H and O–H groups in total. The molecule has 52 valence electrons. The summed E-state index contributed by atoms with van der Waals surface area (Å²) in [6.07, 6.45) is 2.75. The summed E-state index contributed by atoms with van der Waals surface area (Å²) in [5.41, 5.74) is 0.134. The van der Waals surface area contributed by atoms with Crippen molar-refractivity contribution in [2.75, 3.05) is 0 Å². The Balaban J connectivity index is 2.96. The van der Waals surface area contributed by atoms with Crippen LogP contribution in [0.2, 0.25) is 0 Å². The monoisotopic (exact) mass is 202 g/mol. The Bertz CT molecular complexity index is 232. The lowest BCUT2D eigenvalue weighted by molar-refractivity contribution is 0.424. The zero-order valence-electron chi connectivity index (χ0n) is 4.90. The van der Waals surface area contributed by atoms with Gasteiger partial charge in [-0.05, 0) is 15.9 Å². The molecule has 0 fully saturated rings. The highest BCUT2D eigenvalue weighted by atomic mass is 79.9. The van der Waals surface area contributed by atoms with Crippen LogP contribution >= 0.6 is 15.9 Å². The molecule has 0 radical (unpaired) electrons. The van der Waals surface area contributed by atoms with Gasteiger partial charge in [-0.1, -0.05) is 0 Å². The van der Waals surface area contributed by atoms with Gasteiger partial charge in [0.15, 0.2) is 0 Å². The van der Waals surface area contributed by atoms with Crippen LogP contribution < -0.4 is 5.59 Å². The predicted molar refractivity (Wildman–Crippen MR) is 39.6 cm³/mol. The fourth-order valence-electron chi connectivity index (χ4n) is 0.481. The van der Waals surface area contributed by atoms with Crippen molar-refractivity contribution in [1.29, 1.82) is 0 Å². The van der Waals surface area contributed by atoms with Crippen molar-refractivity contribution in [2.45, 2.75) is 0 Å². The Kier molecular flexibility index (Phi) is 2.36. The van der Waals surface area contributed by atoms with Gasteiger partial charge in [-0.15, -0.1) is 0 Å². The maximum Gasteiger partial charge on any atom is 0.509 e. The summed E-state index contributed by atoms with van der Waals surface area (Å²) in [6.45, 7) is 0. The van der Waals surface area contributed by atoms with Crippen molar-refractivity contribution in [2.24, 2.45) is 0 Å². The zero-order valence-corrected chi connectivity index (χ0v) is 6.48. The third kappa shape index (κ3) is 1.76. The van der Waals surface area contributed by atoms with Gasteiger partial charge in [-0.25, -0.2) is 4.98 Å². The highest BCUT2D eigenvalue weighted by Gasteiger charge is 2.12. The number of rotatable bonds is 1. The van der Waals surface area contributed by atoms with Crippen LogP contribution in [0.1, 0.15) is 0 Å². The number of hydrogen-bond acceptors (Lipinski definition) is 4. The van der Waals surface area contributed by atoms with Crippen LogP contribution in [0.3, 0.4) is 0 Å². The Labute approximate surface area is 66.2 Å². The summed E-state index contributed by atoms with van der Waals surface area (Å²) in [4.78, 5) is 7.40. The van der Waals surface area contributed by atoms with Crippen LogP contribution in [0.15, 0.2) is 17.0 Å². The van der Waals surface area contributed by atoms with E-state index >= 15 is 0 Å². The molecule has 0 aliphatic heterocycles. The van der Waals surface area contributed by atoms with Gasteiger partial charge in [0.05, 0.1) is 11.8 Å². The van der Waals surface area contributed by atoms with Gasteiger partial charge in [-0.2, -0.15) is 0 Å². The molecule has 1 aromatic heterocycles. The first-order valence-corrected chi connectivity index (χ1v) is 3.33. The lowest BCUT2D eigenvalue weighted by Crippen LogP contribution is -2.33. The van der Waals surface area contributed by atoms with Crippen LogP contribution in [-0.2, 0) is 0 Å². The molecule has 0 bridgehead atoms. The lowest BCUT2D eigenvalue weighted by atomic mass is 9.87. The van der Waals surface area contributed by atoms with Crippen LogP contribution in [-0.4, -0.2) is 27.1 Å². The van der Waals surface area contributed by atoms with Crippen LogP contribution in [0, 0.1) is 0 Å². The summed E-state index contributed by atoms with van der Waals surface area (Å²) < 4.78 is 0.484. The number of halogens is 1. The molecule has 0 atom stereocenters. The van der Waals surface area contributed by atoms with E-state index in [9.17, 15) is 0 Å². The summed E-state index contributed by atoms with van der Waals surface area (Å²) in [6, 6.07) is 0. The fraction of sp³-hybridized carbons (Fsp3) is 0. The Morgan fingerprint density at radius 3 is 2.50 bits per heavy atom. The number of hydrogen-bond donors (Lipinski definition) is 2. The highest BCUT2D eigenvalue weighted by molar-refractivity contribution is 9.10. The van der Waals surface area contributed by atoms with Gasteiger partial charge in [0.2, 0.25) is 0 Å². The Hall–Kier alpha value is -0.455. The molecule has 1 aromatic rings. The van der Waals surface area contributed by atoms with Gasteiger partial charge < -0.3 is 10.0 Å². The minimum atomic E-state index is -1.55. The quantitative estimate of drug-likeness (QED) is 0.569. The van der Waals surface area contributed by atoms with E-state index in [0.717, 1.165) is 0 Å². The second-order valence-corrected chi connectivity index (χ2v) is 2.45. The first-order valence-electron chi connectivity index (χ1n) is 2.54. The van der Waals surface area contributed by atoms with E-state index < -0.39 is 7.12 Å². The molecule has 0 aliphatic rings. The third-order valence-corrected chi connectivity index (χ3v) is 1.27. The van der Waals surface area contributed by atoms with Gasteiger partial charge in [0.1, 0.15) is 4.60 Å². The molecule has 0 saturated heterocycles. The van der Waals surface area contributed by atoms with Crippen LogP contribution in [0.4, 0.5) is 0 Å². The minimum absolute atomic E-state index is 0.134. The molecule has 6 heteroatoms. The van der Waals surface area contributed by atoms with E-state index in [1.54, 1.807) is 0 Å². The van der Waals surface area contributed by atoms with E-state index in [1.165, 1.54) is 12.4 Å². The number of aromatic nitrogens is 2. The van der Waals surface area contributed by atoms with Crippen molar-refractivity contribution >= 4 is 28.6 Å². The standard InChI is InChI=1S/C4H4BBrN2O2/c6-4-2-7-1-3(8-4)5(9)10/h1-2,9-10H. The smallest absolute Gasteiger partial charge is 0.422 e. The third-order valence-electron chi connectivity index (χ3n) is 0.888. The SMILES string of the molecule is OB(O)c1cncc(Br)n1. The Morgan fingerprint density at radius 2 is 2.10 bits per heavy atom. The topological polar surface area (TPSA) is 66.2 Å². The molecule has 0 spiro atoms. The van der Waals surface area contributed by atoms with E-state index in [4.69, 9.17) is 10.0 Å². The molecule has 4 nitrogen and oxygen atoms in total. The van der Waals surface area contributed by atoms with E-state index in [2.05, 4.69) is 25.9 Å². The van der Waals surface area contributed by atoms with Gasteiger partial charge >= 0.3 is 7.12 Å². The molecule has 0 aromatic carbocycles. The predicted octanol–water partition coefficient (Wildman–Crippen LogP) is -1.08. The van der Waals surface area contributed by atoms with Gasteiger partial charge in [0.25, 0.3) is 0 Å². The van der Waals surface area contributed by atoms with Gasteiger partial charge in [0, 0.05) is 6.20 Å². The molecular weight excluding hydrogens is 199 g/mol. The highest BCUT2D eigenvalue weighted by Crippen LogP contribution is 1.97. The molecule has 0 saturated carbocycles. The largest absolute Gasteiger partial charge is 0.509 e.